The van der Waals surface area contributed by atoms with E-state index in [0.29, 0.717) is 43.9 Å². The summed E-state index contributed by atoms with van der Waals surface area (Å²) in [5, 5.41) is 21.8. The van der Waals surface area contributed by atoms with Crippen LogP contribution in [-0.4, -0.2) is 130 Å². The lowest BCUT2D eigenvalue weighted by Gasteiger charge is -2.29. The van der Waals surface area contributed by atoms with Crippen LogP contribution in [-0.2, 0) is 35.1 Å². The molecule has 5 heterocycles. The summed E-state index contributed by atoms with van der Waals surface area (Å²) >= 11 is 4.76. The number of thiol groups is 1. The molecule has 7 N–H and O–H groups in total. The van der Waals surface area contributed by atoms with Crippen molar-refractivity contribution in [2.45, 2.75) is 172 Å². The van der Waals surface area contributed by atoms with E-state index in [4.69, 9.17) is 37.3 Å². The fourth-order valence-electron chi connectivity index (χ4n) is 8.79. The van der Waals surface area contributed by atoms with Crippen molar-refractivity contribution in [1.82, 2.24) is 30.8 Å². The number of carbonyl (C=O) groups excluding carboxylic acids is 3. The van der Waals surface area contributed by atoms with Crippen molar-refractivity contribution in [3.05, 3.63) is 83.6 Å². The predicted molar refractivity (Wildman–Crippen MR) is 290 cm³/mol. The Morgan fingerprint density at radius 2 is 1.83 bits per heavy atom. The first-order chi connectivity index (χ1) is 34.4. The second-order valence-corrected chi connectivity index (χ2v) is 21.1. The van der Waals surface area contributed by atoms with E-state index in [9.17, 15) is 19.5 Å². The SMILES string of the molecule is C=CN1c2ncnc(c2C)C(C)C/C=C/CNC2N=CNC3=C2C3(C(P)S)OCC2CCC1O2.CC(NC(=O)CN)C(=O)Nc1ccc(COC(=O)N(C)CC2(O)CC2)cc1.CCC.CC[C@@H]1CCC(C)O1. The summed E-state index contributed by atoms with van der Waals surface area (Å²) < 4.78 is 23.7. The molecule has 1 saturated carbocycles. The summed E-state index contributed by atoms with van der Waals surface area (Å²) in [6.07, 6.45) is 18.9. The molecule has 72 heavy (non-hydrogen) atoms. The van der Waals surface area contributed by atoms with Gasteiger partial charge in [0, 0.05) is 42.5 Å². The van der Waals surface area contributed by atoms with Crippen molar-refractivity contribution < 1.29 is 38.4 Å². The minimum atomic E-state index is -0.756. The molecule has 2 saturated heterocycles. The molecule has 1 aromatic carbocycles. The van der Waals surface area contributed by atoms with Crippen molar-refractivity contribution in [2.24, 2.45) is 10.7 Å². The van der Waals surface area contributed by atoms with Gasteiger partial charge in [0.1, 0.15) is 42.8 Å². The van der Waals surface area contributed by atoms with Crippen LogP contribution in [0.25, 0.3) is 0 Å². The van der Waals surface area contributed by atoms with Crippen LogP contribution in [0.1, 0.15) is 122 Å². The summed E-state index contributed by atoms with van der Waals surface area (Å²) in [5.74, 6) is 0.341. The molecule has 9 unspecified atom stereocenters. The topological polar surface area (TPSA) is 227 Å². The Bertz CT molecular complexity index is 2210. The molecule has 18 nitrogen and oxygen atoms in total. The molecular weight excluding hydrogens is 956 g/mol. The van der Waals surface area contributed by atoms with E-state index in [2.05, 4.69) is 106 Å². The monoisotopic (exact) mass is 1040 g/mol. The average Bonchev–Trinajstić information content (AvgIpc) is 4.10. The van der Waals surface area contributed by atoms with Gasteiger partial charge in [-0.15, -0.1) is 9.24 Å². The van der Waals surface area contributed by atoms with Crippen LogP contribution >= 0.6 is 21.9 Å². The number of aliphatic hydroxyl groups is 1. The number of hydrogen-bond acceptors (Lipinski definition) is 16. The van der Waals surface area contributed by atoms with Crippen molar-refractivity contribution in [2.75, 3.05) is 43.5 Å². The highest BCUT2D eigenvalue weighted by Crippen LogP contribution is 2.55. The predicted octanol–water partition coefficient (Wildman–Crippen LogP) is 6.57. The summed E-state index contributed by atoms with van der Waals surface area (Å²) in [6, 6.07) is 6.09. The van der Waals surface area contributed by atoms with Gasteiger partial charge in [-0.25, -0.2) is 14.8 Å². The number of aromatic nitrogens is 2. The van der Waals surface area contributed by atoms with Crippen LogP contribution in [0.3, 0.4) is 0 Å². The third kappa shape index (κ3) is 16.0. The van der Waals surface area contributed by atoms with Crippen molar-refractivity contribution >= 4 is 57.6 Å². The number of allylic oxidation sites excluding steroid dienone is 1. The zero-order valence-corrected chi connectivity index (χ0v) is 45.6. The number of ether oxygens (including phenoxy) is 4. The Morgan fingerprint density at radius 3 is 2.44 bits per heavy atom. The van der Waals surface area contributed by atoms with Gasteiger partial charge in [0.15, 0.2) is 0 Å². The van der Waals surface area contributed by atoms with Gasteiger partial charge in [-0.3, -0.25) is 19.9 Å². The van der Waals surface area contributed by atoms with Gasteiger partial charge in [-0.05, 0) is 89.8 Å². The number of rotatable bonds is 11. The number of nitrogens with one attached hydrogen (secondary N) is 4. The van der Waals surface area contributed by atoms with Crippen LogP contribution in [0.15, 0.2) is 71.8 Å². The molecule has 2 aliphatic carbocycles. The van der Waals surface area contributed by atoms with Crippen LogP contribution < -0.4 is 31.9 Å². The second-order valence-electron chi connectivity index (χ2n) is 19.3. The zero-order chi connectivity index (χ0) is 52.6. The van der Waals surface area contributed by atoms with E-state index in [1.54, 1.807) is 50.9 Å². The molecule has 8 rings (SSSR count). The molecule has 1 aromatic heterocycles. The van der Waals surface area contributed by atoms with Gasteiger partial charge in [0.2, 0.25) is 11.8 Å². The molecule has 4 aliphatic heterocycles. The van der Waals surface area contributed by atoms with Crippen molar-refractivity contribution in [1.29, 1.82) is 0 Å². The highest BCUT2D eigenvalue weighted by atomic mass is 32.1. The zero-order valence-electron chi connectivity index (χ0n) is 43.6. The van der Waals surface area contributed by atoms with E-state index >= 15 is 0 Å². The smallest absolute Gasteiger partial charge is 0.409 e. The van der Waals surface area contributed by atoms with Gasteiger partial charge >= 0.3 is 6.09 Å². The fourth-order valence-corrected chi connectivity index (χ4v) is 9.57. The van der Waals surface area contributed by atoms with Crippen LogP contribution in [0, 0.1) is 6.92 Å². The highest BCUT2D eigenvalue weighted by Gasteiger charge is 2.62. The second kappa shape index (κ2) is 27.7. The van der Waals surface area contributed by atoms with E-state index in [-0.39, 0.29) is 55.0 Å². The number of hydrogen-bond donors (Lipinski definition) is 7. The standard InChI is InChI=1S/C24H33N6O2PS.C18H26N4O5.C7H14O.C3H8/c1-4-30-17-9-8-16(32-17)11-31-24(23(33)34)18-20(24)27-13-28-21(18)25-10-6-5-7-14(2)19-15(3)22(30)29-12-26-19;1-12(20-15(23)9-19)16(24)21-14-5-3-13(4-6-14)10-27-17(25)22(2)11-18(26)7-8-18;1-3-7-5-4-6(2)8-7;1-3-2/h4-6,12-14,16-17,21,23,25,34H,1,7-11,33H2,2-3H3,(H,27,28);3-6,12,26H,7-11,19H2,1-2H3,(H,20,23)(H,21,24);6-7H,3-5H2,1-2H3;3H2,1-2H3/b6-5+;;;/t;;6?,7-;/m..1./s1. The first-order valence-corrected chi connectivity index (χ1v) is 26.6. The number of fused-ring (bicyclic) bond motifs is 5. The van der Waals surface area contributed by atoms with E-state index in [0.717, 1.165) is 53.2 Å². The molecule has 10 atom stereocenters. The largest absolute Gasteiger partial charge is 0.445 e. The maximum Gasteiger partial charge on any atom is 0.409 e. The minimum Gasteiger partial charge on any atom is -0.445 e. The number of likely N-dealkylation sites (N-methyl/N-ethyl adjacent to an activating group) is 1. The molecule has 398 valence electrons. The molecule has 4 bridgehead atoms. The summed E-state index contributed by atoms with van der Waals surface area (Å²) in [5.41, 5.74) is 9.45. The molecule has 2 aromatic rings. The summed E-state index contributed by atoms with van der Waals surface area (Å²) in [4.78, 5) is 52.2. The third-order valence-corrected chi connectivity index (χ3v) is 13.9. The normalized spacial score (nSPS) is 26.8. The van der Waals surface area contributed by atoms with Gasteiger partial charge in [-0.2, -0.15) is 12.6 Å². The number of nitrogens with zero attached hydrogens (tertiary/aromatic N) is 5. The van der Waals surface area contributed by atoms with Crippen LogP contribution in [0.2, 0.25) is 0 Å². The molecule has 6 aliphatic rings. The number of benzene rings is 1. The van der Waals surface area contributed by atoms with Gasteiger partial charge in [-0.1, -0.05) is 65.0 Å². The highest BCUT2D eigenvalue weighted by molar-refractivity contribution is 7.85. The van der Waals surface area contributed by atoms with Gasteiger partial charge in [0.25, 0.3) is 0 Å². The van der Waals surface area contributed by atoms with E-state index in [1.165, 1.54) is 30.6 Å². The maximum atomic E-state index is 12.0. The van der Waals surface area contributed by atoms with Crippen molar-refractivity contribution in [3.8, 4) is 0 Å². The summed E-state index contributed by atoms with van der Waals surface area (Å²) in [7, 11) is 4.36. The third-order valence-electron chi connectivity index (χ3n) is 13.1. The van der Waals surface area contributed by atoms with Crippen LogP contribution in [0.4, 0.5) is 16.3 Å². The van der Waals surface area contributed by atoms with E-state index < -0.39 is 29.2 Å². The van der Waals surface area contributed by atoms with Gasteiger partial charge in [0.05, 0.1) is 66.3 Å². The molecular formula is C52H81N10O8PS. The summed E-state index contributed by atoms with van der Waals surface area (Å²) in [6.45, 7) is 19.8. The van der Waals surface area contributed by atoms with Crippen LogP contribution in [0.5, 0.6) is 0 Å². The number of aliphatic imine (C=N–C) groups is 1. The molecule has 3 fully saturated rings. The molecule has 20 heteroatoms. The Morgan fingerprint density at radius 1 is 1.11 bits per heavy atom. The number of anilines is 2. The minimum absolute atomic E-state index is 0.0278. The van der Waals surface area contributed by atoms with E-state index in [1.807, 2.05) is 11.1 Å². The first-order valence-electron chi connectivity index (χ1n) is 25.5. The molecule has 3 amide bonds. The Kier molecular flexibility index (Phi) is 22.5. The lowest BCUT2D eigenvalue weighted by Crippen LogP contribution is -2.44. The Balaban J connectivity index is 0.000000225. The fraction of sp³-hybridized carbons (Fsp3) is 0.615. The maximum absolute atomic E-state index is 12.0. The lowest BCUT2D eigenvalue weighted by atomic mass is 9.99. The molecule has 0 spiro atoms. The first kappa shape index (κ1) is 58.4. The number of nitrogens with two attached hydrogens (primary N) is 1. The number of amides is 3. The molecule has 0 radical (unpaired) electrons. The Labute approximate surface area is 434 Å². The quantitative estimate of drug-likeness (QED) is 0.0719. The van der Waals surface area contributed by atoms with Crippen molar-refractivity contribution in [3.63, 3.8) is 0 Å². The van der Waals surface area contributed by atoms with Gasteiger partial charge < -0.3 is 55.5 Å². The number of carbonyl (C=O) groups is 3. The average molecular weight is 1040 g/mol. The lowest BCUT2D eigenvalue weighted by molar-refractivity contribution is -0.125. The Hall–Kier alpha value is -4.46.